The number of fused-ring (bicyclic) bond motifs is 1. The van der Waals surface area contributed by atoms with E-state index in [2.05, 4.69) is 29.0 Å². The number of Topliss-reactive ketones (excluding diaryl/α,β-unsaturated/α-hetero) is 1. The van der Waals surface area contributed by atoms with Gasteiger partial charge in [-0.15, -0.1) is 0 Å². The van der Waals surface area contributed by atoms with Crippen molar-refractivity contribution in [3.8, 4) is 17.1 Å². The minimum atomic E-state index is -0.0184. The number of benzene rings is 2. The quantitative estimate of drug-likeness (QED) is 0.475. The van der Waals surface area contributed by atoms with Crippen molar-refractivity contribution in [1.29, 1.82) is 0 Å². The molecule has 3 rings (SSSR count). The molecule has 0 saturated carbocycles. The Hall–Kier alpha value is -2.66. The highest BCUT2D eigenvalue weighted by Crippen LogP contribution is 2.24. The lowest BCUT2D eigenvalue weighted by atomic mass is 10.0. The van der Waals surface area contributed by atoms with Crippen molar-refractivity contribution in [1.82, 2.24) is 14.9 Å². The lowest BCUT2D eigenvalue weighted by molar-refractivity contribution is 0.0939. The second kappa shape index (κ2) is 8.35. The van der Waals surface area contributed by atoms with Crippen LogP contribution < -0.4 is 4.74 Å². The molecule has 0 saturated heterocycles. The zero-order chi connectivity index (χ0) is 19.4. The van der Waals surface area contributed by atoms with Gasteiger partial charge in [-0.2, -0.15) is 0 Å². The molecule has 0 spiro atoms. The van der Waals surface area contributed by atoms with E-state index in [9.17, 15) is 4.79 Å². The summed E-state index contributed by atoms with van der Waals surface area (Å²) < 4.78 is 5.78. The van der Waals surface area contributed by atoms with Crippen LogP contribution >= 0.6 is 0 Å². The number of aromatic nitrogens is 2. The number of rotatable bonds is 8. The Bertz CT molecular complexity index is 911. The number of nitrogens with zero attached hydrogens (tertiary/aromatic N) is 2. The zero-order valence-electron chi connectivity index (χ0n) is 16.5. The van der Waals surface area contributed by atoms with E-state index < -0.39 is 0 Å². The third kappa shape index (κ3) is 4.74. The molecule has 27 heavy (non-hydrogen) atoms. The molecule has 5 heteroatoms. The van der Waals surface area contributed by atoms with Crippen LogP contribution in [-0.2, 0) is 0 Å². The van der Waals surface area contributed by atoms with Gasteiger partial charge in [-0.1, -0.05) is 13.8 Å². The Morgan fingerprint density at radius 2 is 1.89 bits per heavy atom. The first kappa shape index (κ1) is 19.1. The third-order valence-corrected chi connectivity index (χ3v) is 4.44. The number of ketones is 1. The third-order valence-electron chi connectivity index (χ3n) is 4.44. The highest BCUT2D eigenvalue weighted by Gasteiger charge is 2.13. The molecule has 1 heterocycles. The Balaban J connectivity index is 1.72. The predicted octanol–water partition coefficient (Wildman–Crippen LogP) is 4.40. The minimum absolute atomic E-state index is 0.0184. The van der Waals surface area contributed by atoms with Crippen LogP contribution in [-0.4, -0.2) is 47.9 Å². The summed E-state index contributed by atoms with van der Waals surface area (Å²) in [6.45, 7) is 5.54. The number of hydrogen-bond donors (Lipinski definition) is 1. The molecule has 0 atom stereocenters. The van der Waals surface area contributed by atoms with Crippen LogP contribution in [0.5, 0.6) is 5.75 Å². The maximum Gasteiger partial charge on any atom is 0.165 e. The van der Waals surface area contributed by atoms with Crippen LogP contribution in [0.15, 0.2) is 42.5 Å². The number of hydrogen-bond acceptors (Lipinski definition) is 4. The Morgan fingerprint density at radius 1 is 1.15 bits per heavy atom. The highest BCUT2D eigenvalue weighted by molar-refractivity contribution is 6.00. The summed E-state index contributed by atoms with van der Waals surface area (Å²) in [5, 5.41) is 0. The SMILES string of the molecule is CC(C)C(=O)c1ccc2nc(-c3ccc(OCCCN(C)C)cc3)[nH]c2c1. The molecule has 0 bridgehead atoms. The topological polar surface area (TPSA) is 58.2 Å². The Morgan fingerprint density at radius 3 is 2.56 bits per heavy atom. The molecular weight excluding hydrogens is 338 g/mol. The Kier molecular flexibility index (Phi) is 5.91. The monoisotopic (exact) mass is 365 g/mol. The fourth-order valence-corrected chi connectivity index (χ4v) is 2.91. The lowest BCUT2D eigenvalue weighted by Gasteiger charge is -2.10. The number of ether oxygens (including phenoxy) is 1. The molecule has 142 valence electrons. The van der Waals surface area contributed by atoms with Crippen molar-refractivity contribution in [2.75, 3.05) is 27.2 Å². The second-order valence-electron chi connectivity index (χ2n) is 7.37. The van der Waals surface area contributed by atoms with Crippen LogP contribution in [0.1, 0.15) is 30.6 Å². The molecule has 0 aliphatic rings. The van der Waals surface area contributed by atoms with Crippen LogP contribution in [0.4, 0.5) is 0 Å². The molecular formula is C22H27N3O2. The van der Waals surface area contributed by atoms with Crippen molar-refractivity contribution >= 4 is 16.8 Å². The normalized spacial score (nSPS) is 11.5. The van der Waals surface area contributed by atoms with Gasteiger partial charge in [0.2, 0.25) is 0 Å². The van der Waals surface area contributed by atoms with E-state index in [1.165, 1.54) is 0 Å². The Labute approximate surface area is 160 Å². The standard InChI is InChI=1S/C22H27N3O2/c1-15(2)21(26)17-8-11-19-20(14-17)24-22(23-19)16-6-9-18(10-7-16)27-13-5-12-25(3)4/h6-11,14-15H,5,12-13H2,1-4H3,(H,23,24). The van der Waals surface area contributed by atoms with Crippen molar-refractivity contribution in [3.63, 3.8) is 0 Å². The van der Waals surface area contributed by atoms with Crippen molar-refractivity contribution in [2.45, 2.75) is 20.3 Å². The van der Waals surface area contributed by atoms with Crippen LogP contribution in [0.3, 0.4) is 0 Å². The molecule has 2 aromatic carbocycles. The van der Waals surface area contributed by atoms with E-state index in [1.54, 1.807) is 0 Å². The number of aromatic amines is 1. The van der Waals surface area contributed by atoms with Gasteiger partial charge in [0.1, 0.15) is 11.6 Å². The van der Waals surface area contributed by atoms with Gasteiger partial charge in [-0.3, -0.25) is 4.79 Å². The van der Waals surface area contributed by atoms with Crippen molar-refractivity contribution in [3.05, 3.63) is 48.0 Å². The maximum absolute atomic E-state index is 12.2. The number of carbonyl (C=O) groups excluding carboxylic acids is 1. The van der Waals surface area contributed by atoms with Gasteiger partial charge in [0.05, 0.1) is 17.6 Å². The summed E-state index contributed by atoms with van der Waals surface area (Å²) in [7, 11) is 4.12. The summed E-state index contributed by atoms with van der Waals surface area (Å²) in [5.74, 6) is 1.77. The zero-order valence-corrected chi connectivity index (χ0v) is 16.5. The van der Waals surface area contributed by atoms with Gasteiger partial charge in [0, 0.05) is 23.6 Å². The smallest absolute Gasteiger partial charge is 0.165 e. The van der Waals surface area contributed by atoms with E-state index in [4.69, 9.17) is 4.74 Å². The largest absolute Gasteiger partial charge is 0.494 e. The molecule has 0 amide bonds. The fraction of sp³-hybridized carbons (Fsp3) is 0.364. The van der Waals surface area contributed by atoms with Crippen LogP contribution in [0, 0.1) is 5.92 Å². The molecule has 0 aliphatic heterocycles. The van der Waals surface area contributed by atoms with Crippen LogP contribution in [0.25, 0.3) is 22.4 Å². The molecule has 0 unspecified atom stereocenters. The highest BCUT2D eigenvalue weighted by atomic mass is 16.5. The molecule has 0 fully saturated rings. The summed E-state index contributed by atoms with van der Waals surface area (Å²) in [6.07, 6.45) is 0.996. The van der Waals surface area contributed by atoms with Crippen LogP contribution in [0.2, 0.25) is 0 Å². The first-order valence-corrected chi connectivity index (χ1v) is 9.36. The fourth-order valence-electron chi connectivity index (χ4n) is 2.91. The van der Waals surface area contributed by atoms with E-state index in [0.717, 1.165) is 41.1 Å². The molecule has 3 aromatic rings. The van der Waals surface area contributed by atoms with Gasteiger partial charge in [-0.25, -0.2) is 4.98 Å². The number of H-pyrrole nitrogens is 1. The summed E-state index contributed by atoms with van der Waals surface area (Å²) in [6, 6.07) is 13.6. The first-order chi connectivity index (χ1) is 12.9. The van der Waals surface area contributed by atoms with Gasteiger partial charge in [-0.05, 0) is 63.0 Å². The number of nitrogens with one attached hydrogen (secondary N) is 1. The predicted molar refractivity (Wildman–Crippen MR) is 109 cm³/mol. The average molecular weight is 365 g/mol. The summed E-state index contributed by atoms with van der Waals surface area (Å²) in [4.78, 5) is 22.3. The van der Waals surface area contributed by atoms with E-state index in [1.807, 2.05) is 56.3 Å². The van der Waals surface area contributed by atoms with Crippen molar-refractivity contribution < 1.29 is 9.53 Å². The van der Waals surface area contributed by atoms with E-state index >= 15 is 0 Å². The van der Waals surface area contributed by atoms with Gasteiger partial charge < -0.3 is 14.6 Å². The van der Waals surface area contributed by atoms with E-state index in [-0.39, 0.29) is 11.7 Å². The lowest BCUT2D eigenvalue weighted by Crippen LogP contribution is -2.15. The van der Waals surface area contributed by atoms with Gasteiger partial charge >= 0.3 is 0 Å². The molecule has 5 nitrogen and oxygen atoms in total. The molecule has 0 radical (unpaired) electrons. The van der Waals surface area contributed by atoms with E-state index in [0.29, 0.717) is 12.2 Å². The second-order valence-corrected chi connectivity index (χ2v) is 7.37. The van der Waals surface area contributed by atoms with Crippen molar-refractivity contribution in [2.24, 2.45) is 5.92 Å². The number of carbonyl (C=O) groups is 1. The van der Waals surface area contributed by atoms with Gasteiger partial charge in [0.15, 0.2) is 5.78 Å². The average Bonchev–Trinajstić information content (AvgIpc) is 3.08. The summed E-state index contributed by atoms with van der Waals surface area (Å²) in [5.41, 5.74) is 3.44. The summed E-state index contributed by atoms with van der Waals surface area (Å²) >= 11 is 0. The number of imidazole rings is 1. The maximum atomic E-state index is 12.2. The molecule has 1 N–H and O–H groups in total. The first-order valence-electron chi connectivity index (χ1n) is 9.36. The molecule has 1 aromatic heterocycles. The minimum Gasteiger partial charge on any atom is -0.494 e. The molecule has 0 aliphatic carbocycles. The van der Waals surface area contributed by atoms with Gasteiger partial charge in [0.25, 0.3) is 0 Å².